The maximum atomic E-state index is 9.76. The molecule has 4 nitrogen and oxygen atoms in total. The van der Waals surface area contributed by atoms with Crippen molar-refractivity contribution in [1.82, 2.24) is 0 Å². The molecule has 11 heavy (non-hydrogen) atoms. The molecule has 58 valence electrons. The zero-order valence-electron chi connectivity index (χ0n) is 6.42. The van der Waals surface area contributed by atoms with Crippen LogP contribution in [0.25, 0.3) is 0 Å². The molecule has 0 saturated heterocycles. The molecule has 0 spiro atoms. The van der Waals surface area contributed by atoms with Gasteiger partial charge in [0.2, 0.25) is 12.2 Å². The van der Waals surface area contributed by atoms with Crippen molar-refractivity contribution < 1.29 is 9.59 Å². The smallest absolute Gasteiger partial charge is 0.211 e. The van der Waals surface area contributed by atoms with Crippen LogP contribution >= 0.6 is 0 Å². The van der Waals surface area contributed by atoms with Gasteiger partial charge in [0.15, 0.2) is 0 Å². The number of isocyanates is 2. The van der Waals surface area contributed by atoms with Crippen LogP contribution in [0, 0.1) is 0 Å². The van der Waals surface area contributed by atoms with Crippen LogP contribution in [0.1, 0.15) is 13.8 Å². The third kappa shape index (κ3) is 3.98. The molecule has 4 heteroatoms. The summed E-state index contributed by atoms with van der Waals surface area (Å²) in [5, 5.41) is 0. The summed E-state index contributed by atoms with van der Waals surface area (Å²) in [6, 6.07) is 0. The van der Waals surface area contributed by atoms with Crippen LogP contribution in [0.2, 0.25) is 0 Å². The van der Waals surface area contributed by atoms with Crippen molar-refractivity contribution in [3.05, 3.63) is 11.3 Å². The summed E-state index contributed by atoms with van der Waals surface area (Å²) in [6.45, 7) is 3.62. The fourth-order valence-electron chi connectivity index (χ4n) is 0.429. The molecular formula is C7H8N2O2. The van der Waals surface area contributed by atoms with E-state index in [9.17, 15) is 9.59 Å². The third-order valence-electron chi connectivity index (χ3n) is 1.21. The second-order valence-electron chi connectivity index (χ2n) is 1.98. The van der Waals surface area contributed by atoms with Crippen molar-refractivity contribution in [3.63, 3.8) is 0 Å². The quantitative estimate of drug-likeness (QED) is 0.446. The molecule has 0 atom stereocenters. The van der Waals surface area contributed by atoms with E-state index in [1.165, 1.54) is 12.2 Å². The minimum atomic E-state index is 0.237. The van der Waals surface area contributed by atoms with Gasteiger partial charge in [-0.05, 0) is 19.4 Å². The lowest BCUT2D eigenvalue weighted by Crippen LogP contribution is -1.85. The summed E-state index contributed by atoms with van der Waals surface area (Å²) in [6.07, 6.45) is 2.80. The average molecular weight is 152 g/mol. The Morgan fingerprint density at radius 1 is 1.27 bits per heavy atom. The van der Waals surface area contributed by atoms with Gasteiger partial charge in [-0.3, -0.25) is 0 Å². The first-order chi connectivity index (χ1) is 5.22. The van der Waals surface area contributed by atoms with Gasteiger partial charge in [-0.25, -0.2) is 14.6 Å². The van der Waals surface area contributed by atoms with Gasteiger partial charge in [0, 0.05) is 0 Å². The van der Waals surface area contributed by atoms with Crippen molar-refractivity contribution >= 4 is 12.2 Å². The Bertz CT molecular complexity index is 256. The van der Waals surface area contributed by atoms with Gasteiger partial charge in [0.05, 0.1) is 12.2 Å². The third-order valence-corrected chi connectivity index (χ3v) is 1.21. The minimum absolute atomic E-state index is 0.237. The van der Waals surface area contributed by atoms with Gasteiger partial charge < -0.3 is 0 Å². The van der Waals surface area contributed by atoms with Crippen molar-refractivity contribution in [2.75, 3.05) is 6.54 Å². The molecule has 0 aliphatic heterocycles. The molecule has 0 saturated carbocycles. The average Bonchev–Trinajstić information content (AvgIpc) is 2.00. The fraction of sp³-hybridized carbons (Fsp3) is 0.429. The molecule has 0 N–H and O–H groups in total. The molecule has 0 rings (SSSR count). The van der Waals surface area contributed by atoms with Gasteiger partial charge in [0.1, 0.15) is 0 Å². The molecule has 0 amide bonds. The van der Waals surface area contributed by atoms with E-state index in [-0.39, 0.29) is 6.54 Å². The SMILES string of the molecule is CC(CN=C=O)=C(C)N=C=O. The first-order valence-electron chi connectivity index (χ1n) is 3.00. The van der Waals surface area contributed by atoms with Crippen molar-refractivity contribution in [2.45, 2.75) is 13.8 Å². The van der Waals surface area contributed by atoms with E-state index in [1.807, 2.05) is 0 Å². The highest BCUT2D eigenvalue weighted by Gasteiger charge is 1.92. The van der Waals surface area contributed by atoms with Crippen LogP contribution in [-0.4, -0.2) is 18.7 Å². The topological polar surface area (TPSA) is 58.9 Å². The van der Waals surface area contributed by atoms with Crippen LogP contribution < -0.4 is 0 Å². The second-order valence-corrected chi connectivity index (χ2v) is 1.98. The Morgan fingerprint density at radius 2 is 1.91 bits per heavy atom. The van der Waals surface area contributed by atoms with E-state index in [0.717, 1.165) is 5.57 Å². The summed E-state index contributed by atoms with van der Waals surface area (Å²) >= 11 is 0. The predicted molar refractivity (Wildman–Crippen MR) is 39.5 cm³/mol. The van der Waals surface area contributed by atoms with E-state index in [2.05, 4.69) is 9.98 Å². The monoisotopic (exact) mass is 152 g/mol. The number of aliphatic imine (C=N–C) groups is 2. The molecule has 0 unspecified atom stereocenters. The number of carbonyl (C=O) groups excluding carboxylic acids is 2. The molecule has 0 aromatic rings. The van der Waals surface area contributed by atoms with Gasteiger partial charge in [-0.1, -0.05) is 0 Å². The lowest BCUT2D eigenvalue weighted by molar-refractivity contribution is 0.563. The summed E-state index contributed by atoms with van der Waals surface area (Å²) in [5.74, 6) is 0. The second kappa shape index (κ2) is 5.30. The highest BCUT2D eigenvalue weighted by Crippen LogP contribution is 2.03. The highest BCUT2D eigenvalue weighted by molar-refractivity contribution is 5.38. The Balaban J connectivity index is 4.38. The molecule has 0 aliphatic rings. The minimum Gasteiger partial charge on any atom is -0.211 e. The van der Waals surface area contributed by atoms with E-state index in [4.69, 9.17) is 0 Å². The van der Waals surface area contributed by atoms with E-state index in [0.29, 0.717) is 5.70 Å². The number of rotatable bonds is 3. The van der Waals surface area contributed by atoms with Gasteiger partial charge in [0.25, 0.3) is 0 Å². The van der Waals surface area contributed by atoms with E-state index in [1.54, 1.807) is 13.8 Å². The number of hydrogen-bond acceptors (Lipinski definition) is 4. The van der Waals surface area contributed by atoms with Crippen molar-refractivity contribution in [1.29, 1.82) is 0 Å². The van der Waals surface area contributed by atoms with Crippen LogP contribution in [0.3, 0.4) is 0 Å². The lowest BCUT2D eigenvalue weighted by Gasteiger charge is -1.93. The zero-order chi connectivity index (χ0) is 8.69. The van der Waals surface area contributed by atoms with Crippen LogP contribution in [0.15, 0.2) is 21.3 Å². The van der Waals surface area contributed by atoms with Crippen LogP contribution in [0.4, 0.5) is 0 Å². The number of allylic oxidation sites excluding steroid dienone is 1. The van der Waals surface area contributed by atoms with Gasteiger partial charge in [-0.2, -0.15) is 4.99 Å². The molecule has 0 radical (unpaired) electrons. The van der Waals surface area contributed by atoms with Crippen LogP contribution in [0.5, 0.6) is 0 Å². The van der Waals surface area contributed by atoms with Crippen molar-refractivity contribution in [3.8, 4) is 0 Å². The first kappa shape index (κ1) is 9.50. The molecule has 0 aromatic heterocycles. The Labute approximate surface area is 64.4 Å². The molecule has 0 aromatic carbocycles. The highest BCUT2D eigenvalue weighted by atomic mass is 16.1. The Kier molecular flexibility index (Phi) is 4.58. The first-order valence-corrected chi connectivity index (χ1v) is 3.00. The fourth-order valence-corrected chi connectivity index (χ4v) is 0.429. The number of hydrogen-bond donors (Lipinski definition) is 0. The van der Waals surface area contributed by atoms with Gasteiger partial charge >= 0.3 is 0 Å². The Morgan fingerprint density at radius 3 is 2.36 bits per heavy atom. The number of nitrogens with zero attached hydrogens (tertiary/aromatic N) is 2. The standard InChI is InChI=1S/C7H8N2O2/c1-6(3-8-4-10)7(2)9-5-11/h3H2,1-2H3. The molecular weight excluding hydrogens is 144 g/mol. The molecule has 0 heterocycles. The maximum absolute atomic E-state index is 9.76. The largest absolute Gasteiger partial charge is 0.240 e. The van der Waals surface area contributed by atoms with Crippen molar-refractivity contribution in [2.24, 2.45) is 9.98 Å². The van der Waals surface area contributed by atoms with Gasteiger partial charge in [-0.15, -0.1) is 0 Å². The molecule has 0 aliphatic carbocycles. The maximum Gasteiger partial charge on any atom is 0.240 e. The normalized spacial score (nSPS) is 10.7. The molecule has 0 fully saturated rings. The predicted octanol–water partition coefficient (Wildman–Crippen LogP) is 0.952. The Hall–Kier alpha value is -1.50. The van der Waals surface area contributed by atoms with Crippen LogP contribution in [-0.2, 0) is 9.59 Å². The summed E-state index contributed by atoms with van der Waals surface area (Å²) < 4.78 is 0. The summed E-state index contributed by atoms with van der Waals surface area (Å²) in [5.41, 5.74) is 1.30. The summed E-state index contributed by atoms with van der Waals surface area (Å²) in [4.78, 5) is 26.1. The lowest BCUT2D eigenvalue weighted by atomic mass is 10.2. The zero-order valence-corrected chi connectivity index (χ0v) is 6.42. The van der Waals surface area contributed by atoms with E-state index >= 15 is 0 Å². The van der Waals surface area contributed by atoms with E-state index < -0.39 is 0 Å². The summed E-state index contributed by atoms with van der Waals surface area (Å²) in [7, 11) is 0. The molecule has 0 bridgehead atoms.